The number of amides is 1. The summed E-state index contributed by atoms with van der Waals surface area (Å²) in [6.07, 6.45) is 7.33. The Hall–Kier alpha value is -1.50. The Morgan fingerprint density at radius 3 is 2.69 bits per heavy atom. The molecule has 0 aromatic rings. The third-order valence-corrected chi connectivity index (χ3v) is 1.40. The van der Waals surface area contributed by atoms with Crippen LogP contribution in [-0.4, -0.2) is 25.5 Å². The van der Waals surface area contributed by atoms with Crippen LogP contribution in [0, 0.1) is 12.3 Å². The van der Waals surface area contributed by atoms with Gasteiger partial charge in [0, 0.05) is 13.0 Å². The van der Waals surface area contributed by atoms with Crippen LogP contribution in [0.1, 0.15) is 19.3 Å². The van der Waals surface area contributed by atoms with Gasteiger partial charge in [-0.3, -0.25) is 4.79 Å². The molecule has 72 valence electrons. The van der Waals surface area contributed by atoms with Crippen molar-refractivity contribution in [3.05, 3.63) is 0 Å². The number of ether oxygens (including phenoxy) is 1. The fourth-order valence-corrected chi connectivity index (χ4v) is 0.719. The van der Waals surface area contributed by atoms with Gasteiger partial charge in [0.1, 0.15) is 0 Å². The second-order valence-corrected chi connectivity index (χ2v) is 2.41. The van der Waals surface area contributed by atoms with E-state index in [2.05, 4.69) is 16.0 Å². The van der Waals surface area contributed by atoms with Crippen molar-refractivity contribution < 1.29 is 14.3 Å². The molecule has 0 aliphatic heterocycles. The minimum absolute atomic E-state index is 0.454. The number of carbonyl (C=O) groups excluding carboxylic acids is 2. The van der Waals surface area contributed by atoms with Gasteiger partial charge in [0.2, 0.25) is 0 Å². The van der Waals surface area contributed by atoms with E-state index in [1.807, 2.05) is 0 Å². The zero-order valence-corrected chi connectivity index (χ0v) is 7.63. The molecular formula is C9H13NO3. The number of hydrogen-bond donors (Lipinski definition) is 1. The Morgan fingerprint density at radius 2 is 2.15 bits per heavy atom. The zero-order valence-electron chi connectivity index (χ0n) is 7.63. The van der Waals surface area contributed by atoms with Gasteiger partial charge in [-0.25, -0.2) is 4.79 Å². The Labute approximate surface area is 77.6 Å². The van der Waals surface area contributed by atoms with Crippen LogP contribution >= 0.6 is 0 Å². The number of rotatable bonds is 4. The van der Waals surface area contributed by atoms with E-state index in [-0.39, 0.29) is 0 Å². The maximum atomic E-state index is 10.8. The smallest absolute Gasteiger partial charge is 0.396 e. The van der Waals surface area contributed by atoms with Crippen LogP contribution in [0.2, 0.25) is 0 Å². The van der Waals surface area contributed by atoms with E-state index in [1.54, 1.807) is 0 Å². The molecule has 0 aromatic heterocycles. The van der Waals surface area contributed by atoms with E-state index < -0.39 is 11.9 Å². The number of hydrogen-bond acceptors (Lipinski definition) is 3. The van der Waals surface area contributed by atoms with Gasteiger partial charge < -0.3 is 10.1 Å². The van der Waals surface area contributed by atoms with Crippen molar-refractivity contribution in [2.75, 3.05) is 13.7 Å². The molecule has 0 saturated heterocycles. The van der Waals surface area contributed by atoms with Gasteiger partial charge in [0.15, 0.2) is 0 Å². The third-order valence-electron chi connectivity index (χ3n) is 1.40. The number of carbonyl (C=O) groups is 2. The SMILES string of the molecule is C#CCCCCNC(=O)C(=O)OC. The molecule has 0 spiro atoms. The molecule has 0 radical (unpaired) electrons. The second kappa shape index (κ2) is 7.17. The Balaban J connectivity index is 3.38. The van der Waals surface area contributed by atoms with E-state index in [1.165, 1.54) is 7.11 Å². The van der Waals surface area contributed by atoms with Crippen LogP contribution in [0.5, 0.6) is 0 Å². The lowest BCUT2D eigenvalue weighted by Crippen LogP contribution is -2.32. The highest BCUT2D eigenvalue weighted by Gasteiger charge is 2.11. The monoisotopic (exact) mass is 183 g/mol. The highest BCUT2D eigenvalue weighted by Crippen LogP contribution is 1.91. The van der Waals surface area contributed by atoms with Crippen LogP contribution in [0.25, 0.3) is 0 Å². The molecule has 1 amide bonds. The lowest BCUT2D eigenvalue weighted by molar-refractivity contribution is -0.152. The van der Waals surface area contributed by atoms with Crippen molar-refractivity contribution in [3.8, 4) is 12.3 Å². The highest BCUT2D eigenvalue weighted by molar-refractivity contribution is 6.32. The first kappa shape index (κ1) is 11.5. The van der Waals surface area contributed by atoms with Crippen LogP contribution in [-0.2, 0) is 14.3 Å². The maximum Gasteiger partial charge on any atom is 0.396 e. The van der Waals surface area contributed by atoms with E-state index >= 15 is 0 Å². The average Bonchev–Trinajstić information content (AvgIpc) is 2.16. The number of nitrogens with one attached hydrogen (secondary N) is 1. The van der Waals surface area contributed by atoms with Gasteiger partial charge >= 0.3 is 11.9 Å². The average molecular weight is 183 g/mol. The minimum Gasteiger partial charge on any atom is -0.462 e. The Kier molecular flexibility index (Phi) is 6.34. The summed E-state index contributed by atoms with van der Waals surface area (Å²) in [5, 5.41) is 2.41. The molecule has 0 unspecified atom stereocenters. The molecular weight excluding hydrogens is 170 g/mol. The number of esters is 1. The summed E-state index contributed by atoms with van der Waals surface area (Å²) in [6, 6.07) is 0. The summed E-state index contributed by atoms with van der Waals surface area (Å²) >= 11 is 0. The van der Waals surface area contributed by atoms with Crippen molar-refractivity contribution in [1.29, 1.82) is 0 Å². The van der Waals surface area contributed by atoms with Crippen molar-refractivity contribution in [2.24, 2.45) is 0 Å². The van der Waals surface area contributed by atoms with E-state index in [0.717, 1.165) is 12.8 Å². The highest BCUT2D eigenvalue weighted by atomic mass is 16.5. The number of terminal acetylenes is 1. The summed E-state index contributed by atoms with van der Waals surface area (Å²) < 4.78 is 4.21. The normalized spacial score (nSPS) is 8.62. The molecule has 0 atom stereocenters. The van der Waals surface area contributed by atoms with Crippen LogP contribution in [0.3, 0.4) is 0 Å². The third kappa shape index (κ3) is 5.74. The molecule has 0 fully saturated rings. The molecule has 0 aliphatic rings. The van der Waals surface area contributed by atoms with Gasteiger partial charge in [-0.15, -0.1) is 12.3 Å². The fraction of sp³-hybridized carbons (Fsp3) is 0.556. The van der Waals surface area contributed by atoms with Gasteiger partial charge in [0.05, 0.1) is 7.11 Å². The van der Waals surface area contributed by atoms with E-state index in [9.17, 15) is 9.59 Å². The largest absolute Gasteiger partial charge is 0.462 e. The number of methoxy groups -OCH3 is 1. The Bertz CT molecular complexity index is 217. The molecule has 4 heteroatoms. The summed E-state index contributed by atoms with van der Waals surface area (Å²) in [6.45, 7) is 0.454. The quantitative estimate of drug-likeness (QED) is 0.290. The molecule has 0 aliphatic carbocycles. The lowest BCUT2D eigenvalue weighted by atomic mass is 10.2. The predicted octanol–water partition coefficient (Wildman–Crippen LogP) is 0.0791. The first-order valence-corrected chi connectivity index (χ1v) is 4.02. The van der Waals surface area contributed by atoms with Gasteiger partial charge in [-0.2, -0.15) is 0 Å². The molecule has 0 rings (SSSR count). The molecule has 0 saturated carbocycles. The summed E-state index contributed by atoms with van der Waals surface area (Å²) in [5.41, 5.74) is 0. The van der Waals surface area contributed by atoms with E-state index in [0.29, 0.717) is 13.0 Å². The standard InChI is InChI=1S/C9H13NO3/c1-3-4-5-6-7-10-8(11)9(12)13-2/h1H,4-7H2,2H3,(H,10,11). The molecule has 13 heavy (non-hydrogen) atoms. The molecule has 1 N–H and O–H groups in total. The first-order chi connectivity index (χ1) is 6.22. The summed E-state index contributed by atoms with van der Waals surface area (Å²) in [4.78, 5) is 21.3. The summed E-state index contributed by atoms with van der Waals surface area (Å²) in [7, 11) is 1.17. The van der Waals surface area contributed by atoms with Crippen molar-refractivity contribution in [2.45, 2.75) is 19.3 Å². The van der Waals surface area contributed by atoms with Crippen LogP contribution in [0.4, 0.5) is 0 Å². The fourth-order valence-electron chi connectivity index (χ4n) is 0.719. The number of unbranched alkanes of at least 4 members (excludes halogenated alkanes) is 2. The lowest BCUT2D eigenvalue weighted by Gasteiger charge is -2.01. The summed E-state index contributed by atoms with van der Waals surface area (Å²) in [5.74, 6) is 0.916. The molecule has 4 nitrogen and oxygen atoms in total. The topological polar surface area (TPSA) is 55.4 Å². The van der Waals surface area contributed by atoms with Gasteiger partial charge in [0.25, 0.3) is 0 Å². The second-order valence-electron chi connectivity index (χ2n) is 2.41. The minimum atomic E-state index is -0.864. The van der Waals surface area contributed by atoms with E-state index in [4.69, 9.17) is 6.42 Å². The van der Waals surface area contributed by atoms with Crippen molar-refractivity contribution in [3.63, 3.8) is 0 Å². The van der Waals surface area contributed by atoms with Crippen LogP contribution < -0.4 is 5.32 Å². The van der Waals surface area contributed by atoms with Gasteiger partial charge in [-0.05, 0) is 12.8 Å². The predicted molar refractivity (Wildman–Crippen MR) is 47.7 cm³/mol. The van der Waals surface area contributed by atoms with Crippen molar-refractivity contribution in [1.82, 2.24) is 5.32 Å². The molecule has 0 heterocycles. The first-order valence-electron chi connectivity index (χ1n) is 4.02. The molecule has 0 aromatic carbocycles. The molecule has 0 bridgehead atoms. The van der Waals surface area contributed by atoms with Crippen molar-refractivity contribution >= 4 is 11.9 Å². The zero-order chi connectivity index (χ0) is 10.1. The Morgan fingerprint density at radius 1 is 1.46 bits per heavy atom. The van der Waals surface area contributed by atoms with Crippen LogP contribution in [0.15, 0.2) is 0 Å². The maximum absolute atomic E-state index is 10.8. The van der Waals surface area contributed by atoms with Gasteiger partial charge in [-0.1, -0.05) is 0 Å².